The third kappa shape index (κ3) is 2.81. The van der Waals surface area contributed by atoms with Crippen LogP contribution in [0.5, 0.6) is 5.75 Å². The van der Waals surface area contributed by atoms with Crippen molar-refractivity contribution in [1.29, 1.82) is 0 Å². The van der Waals surface area contributed by atoms with Crippen LogP contribution in [-0.4, -0.2) is 45.8 Å². The average Bonchev–Trinajstić information content (AvgIpc) is 3.09. The van der Waals surface area contributed by atoms with Gasteiger partial charge in [0, 0.05) is 13.1 Å². The van der Waals surface area contributed by atoms with Crippen molar-refractivity contribution in [2.45, 2.75) is 25.8 Å². The first kappa shape index (κ1) is 14.6. The quantitative estimate of drug-likeness (QED) is 0.870. The molecule has 1 amide bonds. The fraction of sp³-hybridized carbons (Fsp3) is 0.438. The number of aromatic nitrogens is 3. The van der Waals surface area contributed by atoms with Crippen LogP contribution < -0.4 is 4.74 Å². The Balaban J connectivity index is 1.81. The van der Waals surface area contributed by atoms with Crippen LogP contribution in [0.1, 0.15) is 34.8 Å². The summed E-state index contributed by atoms with van der Waals surface area (Å²) in [5.41, 5.74) is 1.68. The molecular weight excluding hydrogens is 280 g/mol. The zero-order valence-corrected chi connectivity index (χ0v) is 12.9. The van der Waals surface area contributed by atoms with Crippen LogP contribution in [0.4, 0.5) is 0 Å². The molecule has 6 heteroatoms. The first-order valence-electron chi connectivity index (χ1n) is 7.47. The van der Waals surface area contributed by atoms with Crippen LogP contribution >= 0.6 is 0 Å². The van der Waals surface area contributed by atoms with Crippen LogP contribution in [0.15, 0.2) is 30.9 Å². The van der Waals surface area contributed by atoms with Crippen LogP contribution in [0.3, 0.4) is 0 Å². The second-order valence-electron chi connectivity index (χ2n) is 5.63. The number of benzene rings is 1. The number of amides is 1. The minimum Gasteiger partial charge on any atom is -0.496 e. The largest absolute Gasteiger partial charge is 0.496 e. The Morgan fingerprint density at radius 1 is 1.41 bits per heavy atom. The molecule has 1 aliphatic rings. The Hall–Kier alpha value is -2.37. The van der Waals surface area contributed by atoms with E-state index in [1.807, 2.05) is 34.7 Å². The lowest BCUT2D eigenvalue weighted by Gasteiger charge is -2.33. The highest BCUT2D eigenvalue weighted by atomic mass is 16.5. The Morgan fingerprint density at radius 2 is 2.27 bits per heavy atom. The van der Waals surface area contributed by atoms with Gasteiger partial charge in [-0.2, -0.15) is 5.10 Å². The van der Waals surface area contributed by atoms with Crippen molar-refractivity contribution in [3.8, 4) is 5.75 Å². The number of nitrogens with zero attached hydrogens (tertiary/aromatic N) is 4. The topological polar surface area (TPSA) is 60.2 Å². The molecular formula is C16H20N4O2. The number of hydrogen-bond acceptors (Lipinski definition) is 4. The van der Waals surface area contributed by atoms with Gasteiger partial charge in [-0.05, 0) is 31.9 Å². The molecule has 1 aromatic heterocycles. The van der Waals surface area contributed by atoms with E-state index in [4.69, 9.17) is 4.74 Å². The van der Waals surface area contributed by atoms with E-state index in [0.29, 0.717) is 17.9 Å². The molecule has 0 unspecified atom stereocenters. The normalized spacial score (nSPS) is 18.3. The summed E-state index contributed by atoms with van der Waals surface area (Å²) in [5, 5.41) is 4.20. The van der Waals surface area contributed by atoms with Gasteiger partial charge in [0.15, 0.2) is 0 Å². The fourth-order valence-corrected chi connectivity index (χ4v) is 2.92. The minimum absolute atomic E-state index is 0.0189. The van der Waals surface area contributed by atoms with Crippen molar-refractivity contribution in [2.75, 3.05) is 20.2 Å². The van der Waals surface area contributed by atoms with Crippen molar-refractivity contribution < 1.29 is 9.53 Å². The average molecular weight is 300 g/mol. The first-order chi connectivity index (χ1) is 10.7. The number of carbonyl (C=O) groups is 1. The van der Waals surface area contributed by atoms with E-state index in [1.54, 1.807) is 13.4 Å². The maximum absolute atomic E-state index is 12.8. The summed E-state index contributed by atoms with van der Waals surface area (Å²) < 4.78 is 7.18. The lowest BCUT2D eigenvalue weighted by atomic mass is 10.0. The highest BCUT2D eigenvalue weighted by molar-refractivity contribution is 5.97. The molecule has 0 saturated carbocycles. The highest BCUT2D eigenvalue weighted by Gasteiger charge is 2.27. The Labute approximate surface area is 129 Å². The first-order valence-corrected chi connectivity index (χ1v) is 7.47. The van der Waals surface area contributed by atoms with E-state index in [0.717, 1.165) is 24.9 Å². The third-order valence-corrected chi connectivity index (χ3v) is 4.08. The van der Waals surface area contributed by atoms with Crippen LogP contribution in [-0.2, 0) is 0 Å². The third-order valence-electron chi connectivity index (χ3n) is 4.08. The van der Waals surface area contributed by atoms with E-state index >= 15 is 0 Å². The van der Waals surface area contributed by atoms with Crippen LogP contribution in [0, 0.1) is 6.92 Å². The van der Waals surface area contributed by atoms with Gasteiger partial charge in [0.25, 0.3) is 5.91 Å². The van der Waals surface area contributed by atoms with Gasteiger partial charge in [-0.1, -0.05) is 11.6 Å². The van der Waals surface area contributed by atoms with Gasteiger partial charge < -0.3 is 9.64 Å². The molecule has 2 aromatic rings. The van der Waals surface area contributed by atoms with Crippen molar-refractivity contribution in [3.05, 3.63) is 42.0 Å². The standard InChI is InChI=1S/C16H20N4O2/c1-12-5-6-15(22-2)14(8-12)16(21)19-7-3-4-13(9-19)20-11-17-10-18-20/h5-6,8,10-11,13H,3-4,7,9H2,1-2H3/t13-/m1/s1. The molecule has 0 radical (unpaired) electrons. The Bertz CT molecular complexity index is 654. The zero-order valence-electron chi connectivity index (χ0n) is 12.9. The van der Waals surface area contributed by atoms with Gasteiger partial charge in [-0.3, -0.25) is 4.79 Å². The SMILES string of the molecule is COc1ccc(C)cc1C(=O)N1CCC[C@@H](n2cncn2)C1. The number of rotatable bonds is 3. The summed E-state index contributed by atoms with van der Waals surface area (Å²) in [6.07, 6.45) is 5.22. The number of piperidine rings is 1. The van der Waals surface area contributed by atoms with Gasteiger partial charge >= 0.3 is 0 Å². The Morgan fingerprint density at radius 3 is 3.00 bits per heavy atom. The molecule has 1 fully saturated rings. The molecule has 0 aliphatic carbocycles. The predicted octanol–water partition coefficient (Wildman–Crippen LogP) is 2.07. The Kier molecular flexibility index (Phi) is 4.09. The van der Waals surface area contributed by atoms with Crippen LogP contribution in [0.25, 0.3) is 0 Å². The molecule has 1 aromatic carbocycles. The monoisotopic (exact) mass is 300 g/mol. The van der Waals surface area contributed by atoms with Crippen molar-refractivity contribution in [2.24, 2.45) is 0 Å². The second-order valence-corrected chi connectivity index (χ2v) is 5.63. The van der Waals surface area contributed by atoms with Crippen molar-refractivity contribution in [3.63, 3.8) is 0 Å². The smallest absolute Gasteiger partial charge is 0.257 e. The minimum atomic E-state index is 0.0189. The molecule has 1 atom stereocenters. The number of carbonyl (C=O) groups excluding carboxylic acids is 1. The summed E-state index contributed by atoms with van der Waals surface area (Å²) in [4.78, 5) is 18.7. The molecule has 0 N–H and O–H groups in total. The number of methoxy groups -OCH3 is 1. The molecule has 1 saturated heterocycles. The lowest BCUT2D eigenvalue weighted by molar-refractivity contribution is 0.0669. The fourth-order valence-electron chi connectivity index (χ4n) is 2.92. The van der Waals surface area contributed by atoms with Crippen LogP contribution in [0.2, 0.25) is 0 Å². The summed E-state index contributed by atoms with van der Waals surface area (Å²) in [7, 11) is 1.59. The summed E-state index contributed by atoms with van der Waals surface area (Å²) in [5.74, 6) is 0.642. The van der Waals surface area contributed by atoms with Gasteiger partial charge in [0.05, 0.1) is 18.7 Å². The van der Waals surface area contributed by atoms with E-state index in [2.05, 4.69) is 10.1 Å². The summed E-state index contributed by atoms with van der Waals surface area (Å²) >= 11 is 0. The van der Waals surface area contributed by atoms with Gasteiger partial charge in [-0.15, -0.1) is 0 Å². The van der Waals surface area contributed by atoms with Crippen molar-refractivity contribution in [1.82, 2.24) is 19.7 Å². The number of hydrogen-bond donors (Lipinski definition) is 0. The molecule has 1 aliphatic heterocycles. The number of ether oxygens (including phenoxy) is 1. The maximum Gasteiger partial charge on any atom is 0.257 e. The predicted molar refractivity (Wildman–Crippen MR) is 81.9 cm³/mol. The van der Waals surface area contributed by atoms with E-state index in [1.165, 1.54) is 6.33 Å². The second kappa shape index (κ2) is 6.17. The maximum atomic E-state index is 12.8. The zero-order chi connectivity index (χ0) is 15.5. The van der Waals surface area contributed by atoms with E-state index in [-0.39, 0.29) is 11.9 Å². The van der Waals surface area contributed by atoms with Gasteiger partial charge in [-0.25, -0.2) is 9.67 Å². The molecule has 0 spiro atoms. The van der Waals surface area contributed by atoms with Gasteiger partial charge in [0.1, 0.15) is 18.4 Å². The lowest BCUT2D eigenvalue weighted by Crippen LogP contribution is -2.41. The number of aryl methyl sites for hydroxylation is 1. The van der Waals surface area contributed by atoms with Crippen molar-refractivity contribution >= 4 is 5.91 Å². The molecule has 0 bridgehead atoms. The molecule has 6 nitrogen and oxygen atoms in total. The van der Waals surface area contributed by atoms with E-state index < -0.39 is 0 Å². The molecule has 3 rings (SSSR count). The molecule has 2 heterocycles. The molecule has 116 valence electrons. The molecule has 22 heavy (non-hydrogen) atoms. The summed E-state index contributed by atoms with van der Waals surface area (Å²) in [6.45, 7) is 3.39. The van der Waals surface area contributed by atoms with Gasteiger partial charge in [0.2, 0.25) is 0 Å². The number of likely N-dealkylation sites (tertiary alicyclic amines) is 1. The highest BCUT2D eigenvalue weighted by Crippen LogP contribution is 2.26. The summed E-state index contributed by atoms with van der Waals surface area (Å²) in [6, 6.07) is 5.88. The van der Waals surface area contributed by atoms with E-state index in [9.17, 15) is 4.79 Å².